The van der Waals surface area contributed by atoms with Crippen LogP contribution in [0.1, 0.15) is 19.3 Å². The van der Waals surface area contributed by atoms with Crippen molar-refractivity contribution in [3.05, 3.63) is 0 Å². The van der Waals surface area contributed by atoms with E-state index in [-0.39, 0.29) is 6.61 Å². The Hall–Kier alpha value is -0.120. The summed E-state index contributed by atoms with van der Waals surface area (Å²) in [5.74, 6) is 0. The van der Waals surface area contributed by atoms with Gasteiger partial charge in [0.25, 0.3) is 0 Å². The van der Waals surface area contributed by atoms with E-state index in [1.807, 2.05) is 5.06 Å². The van der Waals surface area contributed by atoms with E-state index in [0.29, 0.717) is 12.6 Å². The summed E-state index contributed by atoms with van der Waals surface area (Å²) >= 11 is 0. The number of aliphatic hydroxyl groups is 1. The zero-order chi connectivity index (χ0) is 7.40. The van der Waals surface area contributed by atoms with Crippen molar-refractivity contribution in [1.82, 2.24) is 5.06 Å². The number of hydroxylamine groups is 2. The molecule has 3 heteroatoms. The molecule has 1 aliphatic carbocycles. The standard InChI is InChI=1S/C7H15NO2/c1-10-8(5-6-9)7-3-2-4-7/h7,9H,2-6H2,1H3. The molecule has 0 aromatic heterocycles. The molecule has 0 bridgehead atoms. The van der Waals surface area contributed by atoms with Crippen LogP contribution in [0.3, 0.4) is 0 Å². The van der Waals surface area contributed by atoms with Gasteiger partial charge in [0.1, 0.15) is 0 Å². The molecule has 0 spiro atoms. The number of rotatable bonds is 4. The summed E-state index contributed by atoms with van der Waals surface area (Å²) < 4.78 is 0. The Balaban J connectivity index is 2.17. The summed E-state index contributed by atoms with van der Waals surface area (Å²) in [6.45, 7) is 0.825. The van der Waals surface area contributed by atoms with E-state index < -0.39 is 0 Å². The molecule has 1 rings (SSSR count). The third-order valence-corrected chi connectivity index (χ3v) is 2.04. The third kappa shape index (κ3) is 1.68. The highest BCUT2D eigenvalue weighted by atomic mass is 16.7. The van der Waals surface area contributed by atoms with Crippen molar-refractivity contribution in [2.24, 2.45) is 0 Å². The van der Waals surface area contributed by atoms with Crippen LogP contribution >= 0.6 is 0 Å². The van der Waals surface area contributed by atoms with Crippen molar-refractivity contribution in [2.45, 2.75) is 25.3 Å². The van der Waals surface area contributed by atoms with E-state index in [9.17, 15) is 0 Å². The Morgan fingerprint density at radius 2 is 2.30 bits per heavy atom. The van der Waals surface area contributed by atoms with Crippen LogP contribution in [0.4, 0.5) is 0 Å². The fourth-order valence-electron chi connectivity index (χ4n) is 1.20. The quantitative estimate of drug-likeness (QED) is 0.581. The summed E-state index contributed by atoms with van der Waals surface area (Å²) in [6, 6.07) is 0.567. The van der Waals surface area contributed by atoms with Gasteiger partial charge in [-0.25, -0.2) is 0 Å². The molecule has 60 valence electrons. The highest BCUT2D eigenvalue weighted by molar-refractivity contribution is 4.75. The lowest BCUT2D eigenvalue weighted by atomic mass is 9.93. The lowest BCUT2D eigenvalue weighted by Crippen LogP contribution is -2.40. The van der Waals surface area contributed by atoms with E-state index in [1.54, 1.807) is 7.11 Å². The topological polar surface area (TPSA) is 32.7 Å². The van der Waals surface area contributed by atoms with Crippen LogP contribution in [0.5, 0.6) is 0 Å². The van der Waals surface area contributed by atoms with Crippen molar-refractivity contribution in [1.29, 1.82) is 0 Å². The van der Waals surface area contributed by atoms with Crippen molar-refractivity contribution < 1.29 is 9.94 Å². The molecular formula is C7H15NO2. The number of hydrogen-bond donors (Lipinski definition) is 1. The van der Waals surface area contributed by atoms with Crippen LogP contribution in [0, 0.1) is 0 Å². The molecule has 0 atom stereocenters. The summed E-state index contributed by atoms with van der Waals surface area (Å²) in [5, 5.41) is 10.5. The van der Waals surface area contributed by atoms with Crippen LogP contribution in [0.2, 0.25) is 0 Å². The predicted octanol–water partition coefficient (Wildman–Crippen LogP) is 0.395. The Morgan fingerprint density at radius 1 is 1.60 bits per heavy atom. The van der Waals surface area contributed by atoms with Gasteiger partial charge in [-0.1, -0.05) is 6.42 Å². The van der Waals surface area contributed by atoms with E-state index in [1.165, 1.54) is 19.3 Å². The Morgan fingerprint density at radius 3 is 2.60 bits per heavy atom. The first-order chi connectivity index (χ1) is 4.88. The van der Waals surface area contributed by atoms with Gasteiger partial charge in [0.2, 0.25) is 0 Å². The number of nitrogens with zero attached hydrogens (tertiary/aromatic N) is 1. The maximum absolute atomic E-state index is 8.61. The molecule has 0 amide bonds. The minimum atomic E-state index is 0.185. The van der Waals surface area contributed by atoms with Crippen molar-refractivity contribution in [2.75, 3.05) is 20.3 Å². The maximum atomic E-state index is 8.61. The van der Waals surface area contributed by atoms with Gasteiger partial charge >= 0.3 is 0 Å². The third-order valence-electron chi connectivity index (χ3n) is 2.04. The fourth-order valence-corrected chi connectivity index (χ4v) is 1.20. The normalized spacial score (nSPS) is 19.5. The lowest BCUT2D eigenvalue weighted by Gasteiger charge is -2.34. The SMILES string of the molecule is CON(CCO)C1CCC1. The van der Waals surface area contributed by atoms with Gasteiger partial charge in [-0.2, -0.15) is 5.06 Å². The first-order valence-corrected chi connectivity index (χ1v) is 3.80. The summed E-state index contributed by atoms with van der Waals surface area (Å²) in [5.41, 5.74) is 0. The minimum Gasteiger partial charge on any atom is -0.395 e. The van der Waals surface area contributed by atoms with Crippen molar-refractivity contribution >= 4 is 0 Å². The molecule has 1 fully saturated rings. The van der Waals surface area contributed by atoms with Crippen LogP contribution in [0.15, 0.2) is 0 Å². The highest BCUT2D eigenvalue weighted by Gasteiger charge is 2.24. The fraction of sp³-hybridized carbons (Fsp3) is 1.00. The maximum Gasteiger partial charge on any atom is 0.0581 e. The second-order valence-corrected chi connectivity index (χ2v) is 2.63. The van der Waals surface area contributed by atoms with Crippen LogP contribution in [0.25, 0.3) is 0 Å². The van der Waals surface area contributed by atoms with E-state index in [4.69, 9.17) is 9.94 Å². The Kier molecular flexibility index (Phi) is 3.12. The average molecular weight is 145 g/mol. The number of aliphatic hydroxyl groups excluding tert-OH is 1. The molecule has 0 aromatic carbocycles. The molecule has 10 heavy (non-hydrogen) atoms. The van der Waals surface area contributed by atoms with Gasteiger partial charge in [0, 0.05) is 12.6 Å². The van der Waals surface area contributed by atoms with Gasteiger partial charge in [0.05, 0.1) is 13.7 Å². The average Bonchev–Trinajstić information content (AvgIpc) is 1.83. The summed E-state index contributed by atoms with van der Waals surface area (Å²) in [7, 11) is 1.66. The predicted molar refractivity (Wildman–Crippen MR) is 38.4 cm³/mol. The molecule has 0 aromatic rings. The molecule has 0 heterocycles. The van der Waals surface area contributed by atoms with E-state index in [0.717, 1.165) is 0 Å². The molecule has 1 saturated carbocycles. The second-order valence-electron chi connectivity index (χ2n) is 2.63. The monoisotopic (exact) mass is 145 g/mol. The van der Waals surface area contributed by atoms with Crippen LogP contribution < -0.4 is 0 Å². The first kappa shape index (κ1) is 7.98. The van der Waals surface area contributed by atoms with Gasteiger partial charge in [0.15, 0.2) is 0 Å². The zero-order valence-electron chi connectivity index (χ0n) is 6.42. The molecule has 3 nitrogen and oxygen atoms in total. The van der Waals surface area contributed by atoms with Gasteiger partial charge in [-0.15, -0.1) is 0 Å². The summed E-state index contributed by atoms with van der Waals surface area (Å²) in [6.07, 6.45) is 3.73. The molecular weight excluding hydrogens is 130 g/mol. The molecule has 1 N–H and O–H groups in total. The molecule has 0 saturated heterocycles. The van der Waals surface area contributed by atoms with Crippen LogP contribution in [-0.2, 0) is 4.84 Å². The second kappa shape index (κ2) is 3.91. The van der Waals surface area contributed by atoms with Crippen molar-refractivity contribution in [3.63, 3.8) is 0 Å². The minimum absolute atomic E-state index is 0.185. The Bertz CT molecular complexity index is 93.6. The van der Waals surface area contributed by atoms with E-state index >= 15 is 0 Å². The highest BCUT2D eigenvalue weighted by Crippen LogP contribution is 2.23. The largest absolute Gasteiger partial charge is 0.395 e. The smallest absolute Gasteiger partial charge is 0.0581 e. The van der Waals surface area contributed by atoms with Gasteiger partial charge in [-0.05, 0) is 12.8 Å². The molecule has 1 aliphatic rings. The van der Waals surface area contributed by atoms with Gasteiger partial charge in [-0.3, -0.25) is 0 Å². The van der Waals surface area contributed by atoms with Crippen LogP contribution in [-0.4, -0.2) is 36.5 Å². The molecule has 0 radical (unpaired) electrons. The molecule has 0 aliphatic heterocycles. The zero-order valence-corrected chi connectivity index (χ0v) is 6.42. The first-order valence-electron chi connectivity index (χ1n) is 3.80. The van der Waals surface area contributed by atoms with Gasteiger partial charge < -0.3 is 9.94 Å². The summed E-state index contributed by atoms with van der Waals surface area (Å²) in [4.78, 5) is 5.07. The Labute approximate surface area is 61.5 Å². The lowest BCUT2D eigenvalue weighted by molar-refractivity contribution is -0.182. The molecule has 0 unspecified atom stereocenters. The number of hydrogen-bond acceptors (Lipinski definition) is 3. The van der Waals surface area contributed by atoms with E-state index in [2.05, 4.69) is 0 Å². The van der Waals surface area contributed by atoms with Crippen molar-refractivity contribution in [3.8, 4) is 0 Å².